The molecule has 7 aromatic carbocycles. The van der Waals surface area contributed by atoms with E-state index in [0.717, 1.165) is 19.6 Å². The zero-order chi connectivity index (χ0) is 32.5. The molecule has 0 N–H and O–H groups in total. The van der Waals surface area contributed by atoms with Crippen molar-refractivity contribution >= 4 is 45.9 Å². The molecule has 0 radical (unpaired) electrons. The lowest BCUT2D eigenvalue weighted by Crippen LogP contribution is -2.23. The fourth-order valence-corrected chi connectivity index (χ4v) is 7.57. The van der Waals surface area contributed by atoms with Crippen molar-refractivity contribution in [2.75, 3.05) is 0 Å². The van der Waals surface area contributed by atoms with Crippen molar-refractivity contribution in [2.24, 2.45) is 0 Å². The molecule has 0 saturated carbocycles. The number of para-hydroxylation sites is 2. The van der Waals surface area contributed by atoms with Crippen LogP contribution in [0.3, 0.4) is 0 Å². The number of rotatable bonds is 8. The van der Waals surface area contributed by atoms with E-state index in [1.165, 1.54) is 11.8 Å². The lowest BCUT2D eigenvalue weighted by atomic mass is 9.81. The lowest BCUT2D eigenvalue weighted by Gasteiger charge is -2.25. The van der Waals surface area contributed by atoms with Crippen LogP contribution in [-0.4, -0.2) is 11.6 Å². The van der Waals surface area contributed by atoms with Crippen molar-refractivity contribution in [1.82, 2.24) is 0 Å². The summed E-state index contributed by atoms with van der Waals surface area (Å²) >= 11 is 3.15. The molecule has 7 aromatic rings. The van der Waals surface area contributed by atoms with Crippen LogP contribution in [0.5, 0.6) is 23.0 Å². The van der Waals surface area contributed by atoms with E-state index in [1.807, 2.05) is 140 Å². The van der Waals surface area contributed by atoms with Crippen LogP contribution >= 0.6 is 23.5 Å². The van der Waals surface area contributed by atoms with Gasteiger partial charge in [0.2, 0.25) is 0 Å². The van der Waals surface area contributed by atoms with Crippen molar-refractivity contribution in [3.05, 3.63) is 180 Å². The molecule has 0 spiro atoms. The Hall–Kier alpha value is -5.56. The summed E-state index contributed by atoms with van der Waals surface area (Å²) < 4.78 is 13.2. The summed E-state index contributed by atoms with van der Waals surface area (Å²) in [5.41, 5.74) is 1.07. The SMILES string of the molecule is O=C1c2ccc(Sc3ccccc3)cc2C(=O)c2c1c(Oc1ccccc1)c1ccc(Sc3ccccc3)cc1c2Oc1ccccc1. The number of ether oxygens (including phenoxy) is 2. The Balaban J connectivity index is 1.37. The van der Waals surface area contributed by atoms with Gasteiger partial charge in [0.05, 0.1) is 11.1 Å². The Labute approximate surface area is 286 Å². The van der Waals surface area contributed by atoms with Gasteiger partial charge in [-0.2, -0.15) is 0 Å². The molecule has 230 valence electrons. The van der Waals surface area contributed by atoms with Gasteiger partial charge in [-0.05, 0) is 84.9 Å². The molecule has 0 atom stereocenters. The van der Waals surface area contributed by atoms with Gasteiger partial charge in [-0.1, -0.05) is 96.3 Å². The average molecular weight is 659 g/mol. The average Bonchev–Trinajstić information content (AvgIpc) is 3.13. The highest BCUT2D eigenvalue weighted by atomic mass is 32.2. The first-order valence-corrected chi connectivity index (χ1v) is 17.0. The van der Waals surface area contributed by atoms with E-state index in [2.05, 4.69) is 12.1 Å². The number of ketones is 2. The Bertz CT molecular complexity index is 2310. The molecule has 0 fully saturated rings. The standard InChI is InChI=1S/C42H26O4S2/c43-39-33-23-21-31(47-29-17-9-3-10-18-29)25-35(33)40(44)38-37(39)41(45-27-13-5-1-6-14-27)34-24-22-32(48-30-19-11-4-12-20-30)26-36(34)42(38)46-28-15-7-2-8-16-28/h1-26H. The fourth-order valence-electron chi connectivity index (χ4n) is 5.82. The predicted octanol–water partition coefficient (Wildman–Crippen LogP) is 11.5. The second-order valence-corrected chi connectivity index (χ2v) is 13.4. The molecule has 0 saturated heterocycles. The summed E-state index contributed by atoms with van der Waals surface area (Å²) in [6.45, 7) is 0. The maximum atomic E-state index is 14.8. The third kappa shape index (κ3) is 5.77. The summed E-state index contributed by atoms with van der Waals surface area (Å²) in [6.07, 6.45) is 0. The van der Waals surface area contributed by atoms with E-state index in [9.17, 15) is 9.59 Å². The molecule has 0 aliphatic heterocycles. The number of benzene rings is 7. The first kappa shape index (κ1) is 29.8. The van der Waals surface area contributed by atoms with Crippen molar-refractivity contribution in [3.63, 3.8) is 0 Å². The Morgan fingerprint density at radius 3 is 1.35 bits per heavy atom. The lowest BCUT2D eigenvalue weighted by molar-refractivity contribution is 0.0975. The molecule has 6 heteroatoms. The van der Waals surface area contributed by atoms with E-state index < -0.39 is 0 Å². The molecule has 0 unspecified atom stereocenters. The molecule has 0 bridgehead atoms. The minimum atomic E-state index is -0.290. The predicted molar refractivity (Wildman–Crippen MR) is 191 cm³/mol. The van der Waals surface area contributed by atoms with Crippen LogP contribution in [0, 0.1) is 0 Å². The molecule has 1 aliphatic carbocycles. The van der Waals surface area contributed by atoms with Gasteiger partial charge in [0.1, 0.15) is 23.0 Å². The molecule has 4 nitrogen and oxygen atoms in total. The third-order valence-electron chi connectivity index (χ3n) is 8.00. The zero-order valence-corrected chi connectivity index (χ0v) is 27.1. The van der Waals surface area contributed by atoms with E-state index in [1.54, 1.807) is 17.8 Å². The summed E-state index contributed by atoms with van der Waals surface area (Å²) in [6, 6.07) is 50.1. The number of hydrogen-bond acceptors (Lipinski definition) is 6. The molecule has 0 amide bonds. The van der Waals surface area contributed by atoms with Gasteiger partial charge < -0.3 is 9.47 Å². The topological polar surface area (TPSA) is 52.6 Å². The molecule has 8 rings (SSSR count). The van der Waals surface area contributed by atoms with Crippen LogP contribution in [0.2, 0.25) is 0 Å². The summed E-state index contributed by atoms with van der Waals surface area (Å²) in [7, 11) is 0. The maximum absolute atomic E-state index is 14.8. The minimum Gasteiger partial charge on any atom is -0.456 e. The smallest absolute Gasteiger partial charge is 0.198 e. The van der Waals surface area contributed by atoms with Crippen LogP contribution in [0.1, 0.15) is 31.8 Å². The van der Waals surface area contributed by atoms with Gasteiger partial charge in [0.25, 0.3) is 0 Å². The van der Waals surface area contributed by atoms with Crippen molar-refractivity contribution in [1.29, 1.82) is 0 Å². The maximum Gasteiger partial charge on any atom is 0.198 e. The fraction of sp³-hybridized carbons (Fsp3) is 0. The van der Waals surface area contributed by atoms with Gasteiger partial charge >= 0.3 is 0 Å². The normalized spacial score (nSPS) is 12.0. The van der Waals surface area contributed by atoms with E-state index in [0.29, 0.717) is 44.9 Å². The van der Waals surface area contributed by atoms with Crippen LogP contribution in [-0.2, 0) is 0 Å². The van der Waals surface area contributed by atoms with Crippen molar-refractivity contribution in [2.45, 2.75) is 19.6 Å². The minimum absolute atomic E-state index is 0.193. The molecular formula is C42H26O4S2. The second-order valence-electron chi connectivity index (χ2n) is 11.1. The molecule has 48 heavy (non-hydrogen) atoms. The first-order valence-electron chi connectivity index (χ1n) is 15.4. The van der Waals surface area contributed by atoms with Gasteiger partial charge in [0, 0.05) is 41.5 Å². The highest BCUT2D eigenvalue weighted by molar-refractivity contribution is 7.99. The first-order chi connectivity index (χ1) is 23.6. The highest BCUT2D eigenvalue weighted by Crippen LogP contribution is 2.49. The summed E-state index contributed by atoms with van der Waals surface area (Å²) in [5.74, 6) is 1.19. The van der Waals surface area contributed by atoms with Gasteiger partial charge in [0.15, 0.2) is 11.6 Å². The van der Waals surface area contributed by atoms with Gasteiger partial charge in [-0.25, -0.2) is 0 Å². The van der Waals surface area contributed by atoms with E-state index in [4.69, 9.17) is 9.47 Å². The highest BCUT2D eigenvalue weighted by Gasteiger charge is 2.38. The molecule has 0 heterocycles. The van der Waals surface area contributed by atoms with Crippen LogP contribution in [0.25, 0.3) is 10.8 Å². The van der Waals surface area contributed by atoms with Crippen LogP contribution < -0.4 is 9.47 Å². The molecular weight excluding hydrogens is 633 g/mol. The Morgan fingerprint density at radius 2 is 0.812 bits per heavy atom. The number of hydrogen-bond donors (Lipinski definition) is 0. The largest absolute Gasteiger partial charge is 0.456 e. The van der Waals surface area contributed by atoms with Crippen molar-refractivity contribution in [3.8, 4) is 23.0 Å². The third-order valence-corrected chi connectivity index (χ3v) is 10.00. The number of fused-ring (bicyclic) bond motifs is 3. The Kier molecular flexibility index (Phi) is 8.02. The van der Waals surface area contributed by atoms with Gasteiger partial charge in [-0.3, -0.25) is 9.59 Å². The van der Waals surface area contributed by atoms with E-state index in [-0.39, 0.29) is 22.7 Å². The summed E-state index contributed by atoms with van der Waals surface area (Å²) in [5, 5.41) is 1.34. The summed E-state index contributed by atoms with van der Waals surface area (Å²) in [4.78, 5) is 33.3. The van der Waals surface area contributed by atoms with Gasteiger partial charge in [-0.15, -0.1) is 0 Å². The second kappa shape index (κ2) is 12.9. The molecule has 0 aromatic heterocycles. The quantitative estimate of drug-likeness (QED) is 0.162. The number of carbonyl (C=O) groups excluding carboxylic acids is 2. The van der Waals surface area contributed by atoms with Crippen LogP contribution in [0.15, 0.2) is 177 Å². The van der Waals surface area contributed by atoms with Crippen molar-refractivity contribution < 1.29 is 19.1 Å². The number of carbonyl (C=O) groups is 2. The van der Waals surface area contributed by atoms with E-state index >= 15 is 0 Å². The Morgan fingerprint density at radius 1 is 0.375 bits per heavy atom. The zero-order valence-electron chi connectivity index (χ0n) is 25.5. The monoisotopic (exact) mass is 658 g/mol. The van der Waals surface area contributed by atoms with Crippen LogP contribution in [0.4, 0.5) is 0 Å². The molecule has 1 aliphatic rings.